The van der Waals surface area contributed by atoms with Crippen molar-refractivity contribution in [1.82, 2.24) is 4.31 Å². The number of hydrogen-bond acceptors (Lipinski definition) is 4. The number of benzene rings is 1. The van der Waals surface area contributed by atoms with Crippen LogP contribution in [-0.2, 0) is 10.0 Å². The monoisotopic (exact) mass is 467 g/mol. The van der Waals surface area contributed by atoms with Crippen LogP contribution in [0.1, 0.15) is 12.8 Å². The third-order valence-corrected chi connectivity index (χ3v) is 7.74. The largest absolute Gasteiger partial charge is 0.489 e. The van der Waals surface area contributed by atoms with Crippen LogP contribution in [0, 0.1) is 9.39 Å². The zero-order valence-electron chi connectivity index (χ0n) is 12.1. The maximum Gasteiger partial charge on any atom is 0.252 e. The molecule has 8 heteroatoms. The molecule has 0 saturated carbocycles. The first-order valence-corrected chi connectivity index (χ1v) is 10.5. The summed E-state index contributed by atoms with van der Waals surface area (Å²) in [4.78, 5) is 0. The fourth-order valence-electron chi connectivity index (χ4n) is 2.50. The lowest BCUT2D eigenvalue weighted by Gasteiger charge is -2.31. The first-order chi connectivity index (χ1) is 11.0. The molecule has 124 valence electrons. The predicted octanol–water partition coefficient (Wildman–Crippen LogP) is 3.72. The fourth-order valence-corrected chi connectivity index (χ4v) is 5.49. The lowest BCUT2D eigenvalue weighted by atomic mass is 10.1. The summed E-state index contributed by atoms with van der Waals surface area (Å²) in [6, 6.07) is 8.03. The first kappa shape index (κ1) is 17.1. The lowest BCUT2D eigenvalue weighted by molar-refractivity contribution is 0.129. The molecule has 1 atom stereocenters. The van der Waals surface area contributed by atoms with Crippen LogP contribution in [0.15, 0.2) is 39.9 Å². The first-order valence-electron chi connectivity index (χ1n) is 7.12. The second-order valence-corrected chi connectivity index (χ2v) is 9.53. The molecule has 0 spiro atoms. The van der Waals surface area contributed by atoms with Crippen molar-refractivity contribution in [3.05, 3.63) is 45.1 Å². The van der Waals surface area contributed by atoms with Gasteiger partial charge in [-0.2, -0.15) is 4.31 Å². The summed E-state index contributed by atoms with van der Waals surface area (Å²) in [6.45, 7) is 0.773. The summed E-state index contributed by atoms with van der Waals surface area (Å²) in [5.74, 6) is 0.102. The van der Waals surface area contributed by atoms with E-state index in [2.05, 4.69) is 0 Å². The van der Waals surface area contributed by atoms with Gasteiger partial charge >= 0.3 is 0 Å². The number of sulfonamides is 1. The van der Waals surface area contributed by atoms with E-state index in [1.165, 1.54) is 21.7 Å². The number of ether oxygens (including phenoxy) is 1. The molecule has 23 heavy (non-hydrogen) atoms. The quantitative estimate of drug-likeness (QED) is 0.645. The third-order valence-electron chi connectivity index (χ3n) is 3.62. The molecule has 2 heterocycles. The molecule has 4 nitrogen and oxygen atoms in total. The van der Waals surface area contributed by atoms with Gasteiger partial charge in [-0.3, -0.25) is 0 Å². The Kier molecular flexibility index (Phi) is 5.24. The molecular formula is C15H15FINO3S2. The van der Waals surface area contributed by atoms with Crippen LogP contribution >= 0.6 is 33.9 Å². The van der Waals surface area contributed by atoms with Crippen LogP contribution in [0.5, 0.6) is 5.75 Å². The highest BCUT2D eigenvalue weighted by molar-refractivity contribution is 14.1. The van der Waals surface area contributed by atoms with Crippen molar-refractivity contribution in [2.75, 3.05) is 13.1 Å². The molecule has 0 aliphatic carbocycles. The van der Waals surface area contributed by atoms with E-state index in [1.807, 2.05) is 22.6 Å². The van der Waals surface area contributed by atoms with E-state index in [4.69, 9.17) is 4.74 Å². The summed E-state index contributed by atoms with van der Waals surface area (Å²) in [6.07, 6.45) is 1.21. The van der Waals surface area contributed by atoms with Crippen molar-refractivity contribution < 1.29 is 17.5 Å². The molecule has 1 unspecified atom stereocenters. The Morgan fingerprint density at radius 1 is 1.35 bits per heavy atom. The SMILES string of the molecule is O=S(=O)(c1cccs1)N1CCCC(Oc2ccc(I)c(F)c2)C1. The van der Waals surface area contributed by atoms with Crippen LogP contribution < -0.4 is 4.74 Å². The van der Waals surface area contributed by atoms with Crippen LogP contribution in [0.25, 0.3) is 0 Å². The minimum Gasteiger partial charge on any atom is -0.489 e. The van der Waals surface area contributed by atoms with Gasteiger partial charge in [0.15, 0.2) is 0 Å². The second kappa shape index (κ2) is 7.04. The van der Waals surface area contributed by atoms with Crippen molar-refractivity contribution in [2.45, 2.75) is 23.2 Å². The van der Waals surface area contributed by atoms with Crippen molar-refractivity contribution in [3.63, 3.8) is 0 Å². The van der Waals surface area contributed by atoms with E-state index in [9.17, 15) is 12.8 Å². The summed E-state index contributed by atoms with van der Waals surface area (Å²) in [5.41, 5.74) is 0. The van der Waals surface area contributed by atoms with Crippen molar-refractivity contribution in [1.29, 1.82) is 0 Å². The van der Waals surface area contributed by atoms with Gasteiger partial charge in [-0.05, 0) is 59.0 Å². The standard InChI is InChI=1S/C15H15FINO3S2/c16-13-9-11(5-6-14(13)17)21-12-3-1-7-18(10-12)23(19,20)15-4-2-8-22-15/h2,4-6,8-9,12H,1,3,7,10H2. The van der Waals surface area contributed by atoms with Crippen LogP contribution in [0.2, 0.25) is 0 Å². The molecule has 0 bridgehead atoms. The number of nitrogens with zero attached hydrogens (tertiary/aromatic N) is 1. The maximum absolute atomic E-state index is 13.6. The molecule has 0 radical (unpaired) electrons. The van der Waals surface area contributed by atoms with E-state index in [0.717, 1.165) is 12.8 Å². The van der Waals surface area contributed by atoms with Crippen LogP contribution in [0.3, 0.4) is 0 Å². The van der Waals surface area contributed by atoms with Crippen molar-refractivity contribution in [3.8, 4) is 5.75 Å². The summed E-state index contributed by atoms with van der Waals surface area (Å²) in [5, 5.41) is 1.75. The molecule has 1 aliphatic rings. The Hall–Kier alpha value is -0.710. The fraction of sp³-hybridized carbons (Fsp3) is 0.333. The van der Waals surface area contributed by atoms with Crippen molar-refractivity contribution >= 4 is 44.0 Å². The average Bonchev–Trinajstić information content (AvgIpc) is 3.06. The zero-order valence-corrected chi connectivity index (χ0v) is 15.9. The lowest BCUT2D eigenvalue weighted by Crippen LogP contribution is -2.44. The second-order valence-electron chi connectivity index (χ2n) is 5.25. The highest BCUT2D eigenvalue weighted by Crippen LogP contribution is 2.26. The van der Waals surface area contributed by atoms with Gasteiger partial charge in [0, 0.05) is 16.2 Å². The highest BCUT2D eigenvalue weighted by Gasteiger charge is 2.31. The Morgan fingerprint density at radius 2 is 2.17 bits per heavy atom. The van der Waals surface area contributed by atoms with E-state index in [1.54, 1.807) is 29.6 Å². The molecule has 3 rings (SSSR count). The summed E-state index contributed by atoms with van der Waals surface area (Å²) < 4.78 is 46.8. The number of rotatable bonds is 4. The van der Waals surface area contributed by atoms with Gasteiger partial charge in [-0.15, -0.1) is 11.3 Å². The summed E-state index contributed by atoms with van der Waals surface area (Å²) >= 11 is 3.13. The molecule has 0 amide bonds. The molecular weight excluding hydrogens is 452 g/mol. The number of thiophene rings is 1. The van der Waals surface area contributed by atoms with Gasteiger partial charge in [0.1, 0.15) is 21.9 Å². The molecule has 1 fully saturated rings. The Balaban J connectivity index is 1.72. The topological polar surface area (TPSA) is 46.6 Å². The molecule has 1 aliphatic heterocycles. The molecule has 1 saturated heterocycles. The average molecular weight is 467 g/mol. The van der Waals surface area contributed by atoms with Crippen LogP contribution in [-0.4, -0.2) is 31.9 Å². The molecule has 1 aromatic carbocycles. The predicted molar refractivity (Wildman–Crippen MR) is 95.8 cm³/mol. The maximum atomic E-state index is 13.6. The van der Waals surface area contributed by atoms with Gasteiger partial charge in [-0.1, -0.05) is 6.07 Å². The Morgan fingerprint density at radius 3 is 2.87 bits per heavy atom. The summed E-state index contributed by atoms with van der Waals surface area (Å²) in [7, 11) is -3.46. The van der Waals surface area contributed by atoms with E-state index in [-0.39, 0.29) is 18.5 Å². The van der Waals surface area contributed by atoms with E-state index < -0.39 is 10.0 Å². The highest BCUT2D eigenvalue weighted by atomic mass is 127. The Bertz CT molecular complexity index is 780. The van der Waals surface area contributed by atoms with E-state index >= 15 is 0 Å². The minimum atomic E-state index is -3.46. The number of halogens is 2. The van der Waals surface area contributed by atoms with Crippen molar-refractivity contribution in [2.24, 2.45) is 0 Å². The minimum absolute atomic E-state index is 0.266. The van der Waals surface area contributed by atoms with Gasteiger partial charge in [-0.25, -0.2) is 12.8 Å². The molecule has 1 aromatic heterocycles. The third kappa shape index (κ3) is 3.86. The van der Waals surface area contributed by atoms with Gasteiger partial charge in [0.05, 0.1) is 6.54 Å². The molecule has 2 aromatic rings. The number of hydrogen-bond donors (Lipinski definition) is 0. The van der Waals surface area contributed by atoms with Gasteiger partial charge < -0.3 is 4.74 Å². The normalized spacial score (nSPS) is 19.7. The molecule has 0 N–H and O–H groups in total. The van der Waals surface area contributed by atoms with Crippen LogP contribution in [0.4, 0.5) is 4.39 Å². The number of piperidine rings is 1. The Labute approximate surface area is 152 Å². The van der Waals surface area contributed by atoms with Gasteiger partial charge in [0.25, 0.3) is 10.0 Å². The van der Waals surface area contributed by atoms with E-state index in [0.29, 0.717) is 20.1 Å². The smallest absolute Gasteiger partial charge is 0.252 e. The van der Waals surface area contributed by atoms with Gasteiger partial charge in [0.2, 0.25) is 0 Å². The zero-order chi connectivity index (χ0) is 16.4.